The molecule has 1 aliphatic rings. The number of hydrogen-bond donors (Lipinski definition) is 2. The maximum atomic E-state index is 12.5. The minimum atomic E-state index is -0.730. The molecule has 0 spiro atoms. The van der Waals surface area contributed by atoms with Gasteiger partial charge in [-0.3, -0.25) is 0 Å². The fourth-order valence-electron chi connectivity index (χ4n) is 3.39. The fourth-order valence-corrected chi connectivity index (χ4v) is 3.39. The molecule has 8 heteroatoms. The van der Waals surface area contributed by atoms with Gasteiger partial charge in [-0.15, -0.1) is 0 Å². The monoisotopic (exact) mass is 429 g/mol. The van der Waals surface area contributed by atoms with Crippen LogP contribution in [0.15, 0.2) is 18.2 Å². The van der Waals surface area contributed by atoms with Gasteiger partial charge in [0.15, 0.2) is 0 Å². The van der Waals surface area contributed by atoms with Gasteiger partial charge in [0.05, 0.1) is 22.2 Å². The van der Waals surface area contributed by atoms with Crippen LogP contribution in [0.4, 0.5) is 4.79 Å². The highest BCUT2D eigenvalue weighted by Gasteiger charge is 2.51. The van der Waals surface area contributed by atoms with Crippen molar-refractivity contribution in [1.82, 2.24) is 15.3 Å². The summed E-state index contributed by atoms with van der Waals surface area (Å²) in [6.45, 7) is 19.7. The molecule has 31 heavy (non-hydrogen) atoms. The van der Waals surface area contributed by atoms with Crippen LogP contribution in [0.5, 0.6) is 0 Å². The van der Waals surface area contributed by atoms with Crippen LogP contribution in [0.1, 0.15) is 75.1 Å². The van der Waals surface area contributed by atoms with Crippen LogP contribution in [0.25, 0.3) is 11.0 Å². The largest absolute Gasteiger partial charge is 0.494 e. The SMILES string of the molecule is CC(C)C(C)(NC(=O)OC(C)(C)C)c1nc2ccc(B3OC(C)(C)C(C)(C)O3)cc2[nH]1. The second-order valence-corrected chi connectivity index (χ2v) is 10.9. The van der Waals surface area contributed by atoms with E-state index in [2.05, 4.69) is 10.3 Å². The number of amides is 1. The maximum Gasteiger partial charge on any atom is 0.494 e. The first-order valence-electron chi connectivity index (χ1n) is 10.9. The van der Waals surface area contributed by atoms with Gasteiger partial charge in [-0.1, -0.05) is 19.9 Å². The number of ether oxygens (including phenoxy) is 1. The molecule has 1 unspecified atom stereocenters. The van der Waals surface area contributed by atoms with Crippen molar-refractivity contribution in [3.8, 4) is 0 Å². The summed E-state index contributed by atoms with van der Waals surface area (Å²) >= 11 is 0. The number of carbonyl (C=O) groups excluding carboxylic acids is 1. The normalized spacial score (nSPS) is 20.2. The molecular formula is C23H36BN3O4. The molecular weight excluding hydrogens is 393 g/mol. The van der Waals surface area contributed by atoms with Gasteiger partial charge in [-0.25, -0.2) is 9.78 Å². The van der Waals surface area contributed by atoms with Gasteiger partial charge >= 0.3 is 13.2 Å². The first kappa shape index (κ1) is 23.6. The third-order valence-corrected chi connectivity index (χ3v) is 6.44. The highest BCUT2D eigenvalue weighted by Crippen LogP contribution is 2.36. The zero-order chi connectivity index (χ0) is 23.4. The molecule has 2 N–H and O–H groups in total. The van der Waals surface area contributed by atoms with Gasteiger partial charge in [0, 0.05) is 0 Å². The molecule has 0 aliphatic carbocycles. The summed E-state index contributed by atoms with van der Waals surface area (Å²) in [5, 5.41) is 3.01. The van der Waals surface area contributed by atoms with Crippen LogP contribution in [-0.2, 0) is 19.6 Å². The van der Waals surface area contributed by atoms with E-state index in [1.165, 1.54) is 0 Å². The molecule has 3 rings (SSSR count). The van der Waals surface area contributed by atoms with E-state index in [0.29, 0.717) is 5.82 Å². The number of benzene rings is 1. The van der Waals surface area contributed by atoms with E-state index in [1.54, 1.807) is 0 Å². The lowest BCUT2D eigenvalue weighted by atomic mass is 9.79. The number of nitrogens with zero attached hydrogens (tertiary/aromatic N) is 1. The lowest BCUT2D eigenvalue weighted by Crippen LogP contribution is -2.49. The van der Waals surface area contributed by atoms with Crippen molar-refractivity contribution in [3.05, 3.63) is 24.0 Å². The number of aromatic amines is 1. The van der Waals surface area contributed by atoms with E-state index in [-0.39, 0.29) is 5.92 Å². The molecule has 2 aromatic rings. The van der Waals surface area contributed by atoms with Crippen LogP contribution >= 0.6 is 0 Å². The molecule has 1 aliphatic heterocycles. The summed E-state index contributed by atoms with van der Waals surface area (Å²) in [4.78, 5) is 20.7. The van der Waals surface area contributed by atoms with Crippen LogP contribution in [0, 0.1) is 5.92 Å². The predicted octanol–water partition coefficient (Wildman–Crippen LogP) is 4.26. The van der Waals surface area contributed by atoms with Gasteiger partial charge in [-0.05, 0) is 78.9 Å². The number of imidazole rings is 1. The lowest BCUT2D eigenvalue weighted by Gasteiger charge is -2.33. The number of alkyl carbamates (subject to hydrolysis) is 1. The number of H-pyrrole nitrogens is 1. The first-order chi connectivity index (χ1) is 14.0. The molecule has 170 valence electrons. The van der Waals surface area contributed by atoms with Crippen molar-refractivity contribution in [2.45, 2.75) is 91.6 Å². The summed E-state index contributed by atoms with van der Waals surface area (Å²) in [5.74, 6) is 0.748. The van der Waals surface area contributed by atoms with Crippen molar-refractivity contribution < 1.29 is 18.8 Å². The number of hydrogen-bond acceptors (Lipinski definition) is 5. The van der Waals surface area contributed by atoms with Crippen molar-refractivity contribution >= 4 is 29.7 Å². The van der Waals surface area contributed by atoms with E-state index in [9.17, 15) is 4.79 Å². The van der Waals surface area contributed by atoms with Crippen molar-refractivity contribution in [3.63, 3.8) is 0 Å². The van der Waals surface area contributed by atoms with Crippen molar-refractivity contribution in [1.29, 1.82) is 0 Å². The predicted molar refractivity (Wildman–Crippen MR) is 123 cm³/mol. The van der Waals surface area contributed by atoms with E-state index < -0.39 is 35.6 Å². The zero-order valence-electron chi connectivity index (χ0n) is 20.5. The number of fused-ring (bicyclic) bond motifs is 1. The Bertz CT molecular complexity index is 961. The Hall–Kier alpha value is -2.06. The summed E-state index contributed by atoms with van der Waals surface area (Å²) < 4.78 is 17.8. The van der Waals surface area contributed by atoms with E-state index in [1.807, 2.05) is 87.4 Å². The molecule has 1 fully saturated rings. The standard InChI is InChI=1S/C23H36BN3O4/c1-14(2)23(10,27-19(28)29-20(3,4)5)18-25-16-12-11-15(13-17(16)26-18)24-30-21(6,7)22(8,9)31-24/h11-14H,1-10H3,(H,25,26)(H,27,28). The van der Waals surface area contributed by atoms with Crippen molar-refractivity contribution in [2.24, 2.45) is 5.92 Å². The lowest BCUT2D eigenvalue weighted by molar-refractivity contribution is 0.00578. The zero-order valence-corrected chi connectivity index (χ0v) is 20.5. The Morgan fingerprint density at radius 1 is 1.13 bits per heavy atom. The average molecular weight is 429 g/mol. The molecule has 1 aromatic heterocycles. The Morgan fingerprint density at radius 2 is 1.71 bits per heavy atom. The van der Waals surface area contributed by atoms with Crippen LogP contribution < -0.4 is 10.8 Å². The number of aromatic nitrogens is 2. The van der Waals surface area contributed by atoms with Gasteiger partial charge < -0.3 is 24.3 Å². The van der Waals surface area contributed by atoms with Gasteiger partial charge in [0.2, 0.25) is 0 Å². The summed E-state index contributed by atoms with van der Waals surface area (Å²) in [6, 6.07) is 5.93. The molecule has 0 saturated carbocycles. The third kappa shape index (κ3) is 4.60. The van der Waals surface area contributed by atoms with E-state index in [4.69, 9.17) is 19.0 Å². The second kappa shape index (κ2) is 7.52. The topological polar surface area (TPSA) is 85.5 Å². The Kier molecular flexibility index (Phi) is 5.73. The van der Waals surface area contributed by atoms with Crippen molar-refractivity contribution in [2.75, 3.05) is 0 Å². The van der Waals surface area contributed by atoms with Crippen LogP contribution in [0.3, 0.4) is 0 Å². The number of rotatable bonds is 4. The highest BCUT2D eigenvalue weighted by molar-refractivity contribution is 6.62. The Labute approximate surface area is 185 Å². The quantitative estimate of drug-likeness (QED) is 0.710. The third-order valence-electron chi connectivity index (χ3n) is 6.44. The second-order valence-electron chi connectivity index (χ2n) is 10.9. The Morgan fingerprint density at radius 3 is 2.23 bits per heavy atom. The molecule has 1 aromatic carbocycles. The Balaban J connectivity index is 1.91. The van der Waals surface area contributed by atoms with Crippen LogP contribution in [-0.4, -0.2) is 40.0 Å². The summed E-state index contributed by atoms with van der Waals surface area (Å²) in [5.41, 5.74) is 0.485. The fraction of sp³-hybridized carbons (Fsp3) is 0.652. The highest BCUT2D eigenvalue weighted by atomic mass is 16.7. The van der Waals surface area contributed by atoms with Crippen LogP contribution in [0.2, 0.25) is 0 Å². The molecule has 1 atom stereocenters. The maximum absolute atomic E-state index is 12.5. The van der Waals surface area contributed by atoms with E-state index >= 15 is 0 Å². The van der Waals surface area contributed by atoms with Gasteiger partial charge in [0.1, 0.15) is 17.0 Å². The molecule has 0 radical (unpaired) electrons. The first-order valence-corrected chi connectivity index (χ1v) is 10.9. The minimum absolute atomic E-state index is 0.0724. The smallest absolute Gasteiger partial charge is 0.444 e. The number of nitrogens with one attached hydrogen (secondary N) is 2. The number of carbonyl (C=O) groups is 1. The molecule has 1 amide bonds. The average Bonchev–Trinajstić information content (AvgIpc) is 3.10. The molecule has 2 heterocycles. The van der Waals surface area contributed by atoms with Gasteiger partial charge in [0.25, 0.3) is 0 Å². The summed E-state index contributed by atoms with van der Waals surface area (Å²) in [6.07, 6.45) is -0.470. The molecule has 7 nitrogen and oxygen atoms in total. The van der Waals surface area contributed by atoms with E-state index in [0.717, 1.165) is 16.5 Å². The molecule has 1 saturated heterocycles. The molecule has 0 bridgehead atoms. The van der Waals surface area contributed by atoms with Gasteiger partial charge in [-0.2, -0.15) is 0 Å². The summed E-state index contributed by atoms with van der Waals surface area (Å²) in [7, 11) is -0.447. The minimum Gasteiger partial charge on any atom is -0.444 e.